The van der Waals surface area contributed by atoms with Crippen LogP contribution in [0.2, 0.25) is 0 Å². The van der Waals surface area contributed by atoms with E-state index in [-0.39, 0.29) is 17.4 Å². The second kappa shape index (κ2) is 5.91. The molecule has 0 atom stereocenters. The van der Waals surface area contributed by atoms with Crippen LogP contribution in [-0.2, 0) is 9.59 Å². The lowest BCUT2D eigenvalue weighted by molar-refractivity contribution is -0.133. The van der Waals surface area contributed by atoms with E-state index in [1.807, 2.05) is 27.7 Å². The van der Waals surface area contributed by atoms with Crippen LogP contribution in [0, 0.1) is 0 Å². The number of amides is 2. The molecule has 2 aliphatic rings. The second-order valence-electron chi connectivity index (χ2n) is 4.36. The van der Waals surface area contributed by atoms with Crippen molar-refractivity contribution in [3.05, 3.63) is 19.6 Å². The molecule has 0 N–H and O–H groups in total. The van der Waals surface area contributed by atoms with Gasteiger partial charge in [0.1, 0.15) is 5.57 Å². The lowest BCUT2D eigenvalue weighted by Crippen LogP contribution is -2.56. The van der Waals surface area contributed by atoms with Crippen molar-refractivity contribution in [3.63, 3.8) is 0 Å². The first-order chi connectivity index (χ1) is 9.42. The number of thioether (sulfide) groups is 2. The van der Waals surface area contributed by atoms with E-state index in [0.717, 1.165) is 14.0 Å². The van der Waals surface area contributed by atoms with Gasteiger partial charge in [0.15, 0.2) is 5.11 Å². The first-order valence-electron chi connectivity index (χ1n) is 6.37. The molecule has 108 valence electrons. The molecule has 2 rings (SSSR count). The quantitative estimate of drug-likeness (QED) is 0.443. The van der Waals surface area contributed by atoms with Crippen molar-refractivity contribution in [3.8, 4) is 0 Å². The fourth-order valence-electron chi connectivity index (χ4n) is 1.96. The van der Waals surface area contributed by atoms with E-state index in [4.69, 9.17) is 12.2 Å². The number of nitrogens with zero attached hydrogens (tertiary/aromatic N) is 2. The van der Waals surface area contributed by atoms with Crippen LogP contribution in [0.3, 0.4) is 0 Å². The maximum atomic E-state index is 12.5. The van der Waals surface area contributed by atoms with E-state index in [0.29, 0.717) is 18.2 Å². The van der Waals surface area contributed by atoms with Gasteiger partial charge in [0, 0.05) is 13.1 Å². The monoisotopic (exact) mass is 328 g/mol. The third-order valence-electron chi connectivity index (χ3n) is 3.20. The molecule has 0 unspecified atom stereocenters. The van der Waals surface area contributed by atoms with Crippen molar-refractivity contribution in [2.45, 2.75) is 27.7 Å². The highest BCUT2D eigenvalue weighted by atomic mass is 32.2. The fourth-order valence-corrected chi connectivity index (χ4v) is 4.95. The molecule has 0 spiro atoms. The van der Waals surface area contributed by atoms with Gasteiger partial charge in [-0.15, -0.1) is 0 Å². The van der Waals surface area contributed by atoms with Gasteiger partial charge in [-0.05, 0) is 49.7 Å². The van der Waals surface area contributed by atoms with Gasteiger partial charge in [0.25, 0.3) is 11.8 Å². The molecule has 0 saturated carbocycles. The normalized spacial score (nSPS) is 20.7. The zero-order valence-electron chi connectivity index (χ0n) is 11.8. The van der Waals surface area contributed by atoms with Gasteiger partial charge in [0.2, 0.25) is 0 Å². The van der Waals surface area contributed by atoms with Gasteiger partial charge < -0.3 is 0 Å². The van der Waals surface area contributed by atoms with Crippen LogP contribution < -0.4 is 0 Å². The molecule has 4 nitrogen and oxygen atoms in total. The molecular formula is C13H16N2O2S3. The Labute approximate surface area is 132 Å². The number of hydrogen-bond acceptors (Lipinski definition) is 5. The first-order valence-corrected chi connectivity index (χ1v) is 8.41. The van der Waals surface area contributed by atoms with Crippen molar-refractivity contribution in [2.75, 3.05) is 13.1 Å². The van der Waals surface area contributed by atoms with Crippen LogP contribution in [0.15, 0.2) is 19.6 Å². The van der Waals surface area contributed by atoms with Crippen LogP contribution in [-0.4, -0.2) is 39.8 Å². The summed E-state index contributed by atoms with van der Waals surface area (Å²) in [5, 5.41) is 0.309. The maximum absolute atomic E-state index is 12.5. The van der Waals surface area contributed by atoms with Gasteiger partial charge >= 0.3 is 0 Å². The standard InChI is InChI=1S/C13H16N2O2S3/c1-5-14-10(16)9(11(17)15(6-2)13(14)18)12-19-7(3)8(4)20-12/h5-6H2,1-4H3. The first kappa shape index (κ1) is 15.6. The number of hydrogen-bond donors (Lipinski definition) is 0. The minimum Gasteiger partial charge on any atom is -0.285 e. The number of carbonyl (C=O) groups is 2. The largest absolute Gasteiger partial charge is 0.285 e. The second-order valence-corrected chi connectivity index (χ2v) is 7.43. The Morgan fingerprint density at radius 3 is 1.70 bits per heavy atom. The van der Waals surface area contributed by atoms with Gasteiger partial charge in [0.05, 0.1) is 4.24 Å². The predicted molar refractivity (Wildman–Crippen MR) is 88.0 cm³/mol. The molecule has 2 amide bonds. The van der Waals surface area contributed by atoms with Crippen molar-refractivity contribution in [1.82, 2.24) is 9.80 Å². The summed E-state index contributed by atoms with van der Waals surface area (Å²) in [5.74, 6) is -0.547. The Kier molecular flexibility index (Phi) is 4.61. The molecule has 7 heteroatoms. The molecule has 0 aliphatic carbocycles. The van der Waals surface area contributed by atoms with Crippen molar-refractivity contribution < 1.29 is 9.59 Å². The zero-order valence-corrected chi connectivity index (χ0v) is 14.3. The highest BCUT2D eigenvalue weighted by Gasteiger charge is 2.41. The Morgan fingerprint density at radius 1 is 0.950 bits per heavy atom. The highest BCUT2D eigenvalue weighted by molar-refractivity contribution is 8.28. The molecule has 0 bridgehead atoms. The lowest BCUT2D eigenvalue weighted by Gasteiger charge is -2.35. The van der Waals surface area contributed by atoms with Crippen LogP contribution in [0.5, 0.6) is 0 Å². The van der Waals surface area contributed by atoms with Crippen LogP contribution in [0.25, 0.3) is 0 Å². The maximum Gasteiger partial charge on any atom is 0.267 e. The van der Waals surface area contributed by atoms with Crippen molar-refractivity contribution >= 4 is 52.7 Å². The van der Waals surface area contributed by atoms with Gasteiger partial charge in [-0.3, -0.25) is 19.4 Å². The Balaban J connectivity index is 2.47. The summed E-state index contributed by atoms with van der Waals surface area (Å²) in [5.41, 5.74) is 0.258. The summed E-state index contributed by atoms with van der Waals surface area (Å²) in [6.07, 6.45) is 0. The number of thiocarbonyl (C=S) groups is 1. The Hall–Kier alpha value is -0.790. The average molecular weight is 328 g/mol. The van der Waals surface area contributed by atoms with Crippen molar-refractivity contribution in [1.29, 1.82) is 0 Å². The molecule has 0 radical (unpaired) electrons. The van der Waals surface area contributed by atoms with E-state index in [2.05, 4.69) is 0 Å². The Bertz CT molecular complexity index is 522. The summed E-state index contributed by atoms with van der Waals surface area (Å²) in [6, 6.07) is 0. The van der Waals surface area contributed by atoms with E-state index in [1.165, 1.54) is 33.3 Å². The fraction of sp³-hybridized carbons (Fsp3) is 0.462. The molecule has 1 saturated heterocycles. The smallest absolute Gasteiger partial charge is 0.267 e. The third-order valence-corrected chi connectivity index (χ3v) is 6.28. The van der Waals surface area contributed by atoms with Gasteiger partial charge in [-0.2, -0.15) is 0 Å². The van der Waals surface area contributed by atoms with E-state index in [1.54, 1.807) is 0 Å². The highest BCUT2D eigenvalue weighted by Crippen LogP contribution is 2.50. The zero-order chi connectivity index (χ0) is 15.0. The predicted octanol–water partition coefficient (Wildman–Crippen LogP) is 2.92. The minimum absolute atomic E-state index is 0.258. The topological polar surface area (TPSA) is 40.6 Å². The van der Waals surface area contributed by atoms with Gasteiger partial charge in [-0.1, -0.05) is 23.5 Å². The van der Waals surface area contributed by atoms with E-state index >= 15 is 0 Å². The Morgan fingerprint density at radius 2 is 1.35 bits per heavy atom. The lowest BCUT2D eigenvalue weighted by atomic mass is 10.2. The molecule has 1 fully saturated rings. The average Bonchev–Trinajstić information content (AvgIpc) is 2.70. The van der Waals surface area contributed by atoms with Crippen LogP contribution in [0.4, 0.5) is 0 Å². The summed E-state index contributed by atoms with van der Waals surface area (Å²) < 4.78 is 0.773. The molecule has 20 heavy (non-hydrogen) atoms. The van der Waals surface area contributed by atoms with Crippen molar-refractivity contribution in [2.24, 2.45) is 0 Å². The van der Waals surface area contributed by atoms with E-state index < -0.39 is 0 Å². The molecular weight excluding hydrogens is 312 g/mol. The molecule has 2 aliphatic heterocycles. The van der Waals surface area contributed by atoms with Gasteiger partial charge in [-0.25, -0.2) is 0 Å². The number of rotatable bonds is 2. The molecule has 0 aromatic heterocycles. The third kappa shape index (κ3) is 2.42. The van der Waals surface area contributed by atoms with Crippen LogP contribution in [0.1, 0.15) is 27.7 Å². The summed E-state index contributed by atoms with van der Waals surface area (Å²) >= 11 is 8.23. The molecule has 0 aromatic carbocycles. The van der Waals surface area contributed by atoms with E-state index in [9.17, 15) is 9.59 Å². The summed E-state index contributed by atoms with van der Waals surface area (Å²) in [6.45, 7) is 8.66. The van der Waals surface area contributed by atoms with Crippen LogP contribution >= 0.6 is 35.7 Å². The summed E-state index contributed by atoms with van der Waals surface area (Å²) in [7, 11) is 0. The number of allylic oxidation sites excluding steroid dienone is 2. The summed E-state index contributed by atoms with van der Waals surface area (Å²) in [4.78, 5) is 30.3. The number of likely N-dealkylation sites (N-methyl/N-ethyl adjacent to an activating group) is 2. The SMILES string of the molecule is CCN1C(=O)C(=C2SC(C)=C(C)S2)C(=O)N(CC)C1=S. The minimum atomic E-state index is -0.273. The molecule has 0 aromatic rings. The number of carbonyl (C=O) groups excluding carboxylic acids is 2. The molecule has 2 heterocycles.